The highest BCUT2D eigenvalue weighted by atomic mass is 16.6. The normalized spacial score (nSPS) is 58.5. The molecule has 1 nitrogen and oxygen atoms in total. The highest BCUT2D eigenvalue weighted by molar-refractivity contribution is 5.24. The number of hydrogen-bond donors (Lipinski definition) is 0. The molecular weight excluding hydrogens is 100 g/mol. The first-order valence-corrected chi connectivity index (χ1v) is 3.33. The van der Waals surface area contributed by atoms with Gasteiger partial charge in [-0.3, -0.25) is 0 Å². The summed E-state index contributed by atoms with van der Waals surface area (Å²) >= 11 is 0. The Labute approximate surface area is 50.0 Å². The molecular formula is C7H12O. The lowest BCUT2D eigenvalue weighted by Gasteiger charge is -2.19. The van der Waals surface area contributed by atoms with E-state index >= 15 is 0 Å². The van der Waals surface area contributed by atoms with E-state index in [1.54, 1.807) is 0 Å². The maximum atomic E-state index is 5.18. The molecule has 0 N–H and O–H groups in total. The summed E-state index contributed by atoms with van der Waals surface area (Å²) in [5, 5.41) is 0. The molecule has 2 unspecified atom stereocenters. The molecule has 1 heterocycles. The predicted octanol–water partition coefficient (Wildman–Crippen LogP) is 1.43. The summed E-state index contributed by atoms with van der Waals surface area (Å²) in [7, 11) is 0. The molecule has 1 aliphatic heterocycles. The van der Waals surface area contributed by atoms with Gasteiger partial charge in [0.25, 0.3) is 0 Å². The number of epoxide rings is 1. The first-order chi connectivity index (χ1) is 3.67. The molecule has 2 rings (SSSR count). The number of hydrogen-bond acceptors (Lipinski definition) is 1. The number of rotatable bonds is 1. The van der Waals surface area contributed by atoms with Crippen molar-refractivity contribution in [2.45, 2.75) is 33.0 Å². The molecule has 8 heavy (non-hydrogen) atoms. The van der Waals surface area contributed by atoms with Crippen LogP contribution in [0.4, 0.5) is 0 Å². The first-order valence-electron chi connectivity index (χ1n) is 3.33. The SMILES string of the molecule is CC(C)C1(C)C2OC21. The van der Waals surface area contributed by atoms with Gasteiger partial charge in [-0.2, -0.15) is 0 Å². The summed E-state index contributed by atoms with van der Waals surface area (Å²) in [6, 6.07) is 0. The third kappa shape index (κ3) is 0.304. The van der Waals surface area contributed by atoms with Crippen LogP contribution in [-0.4, -0.2) is 12.2 Å². The van der Waals surface area contributed by atoms with Gasteiger partial charge in [-0.1, -0.05) is 20.8 Å². The molecule has 1 saturated carbocycles. The Morgan fingerprint density at radius 1 is 1.38 bits per heavy atom. The van der Waals surface area contributed by atoms with Gasteiger partial charge in [-0.25, -0.2) is 0 Å². The van der Waals surface area contributed by atoms with E-state index in [1.807, 2.05) is 0 Å². The van der Waals surface area contributed by atoms with E-state index in [4.69, 9.17) is 4.74 Å². The number of ether oxygens (including phenoxy) is 1. The van der Waals surface area contributed by atoms with E-state index in [1.165, 1.54) is 0 Å². The van der Waals surface area contributed by atoms with Crippen molar-refractivity contribution in [3.63, 3.8) is 0 Å². The summed E-state index contributed by atoms with van der Waals surface area (Å²) in [6.45, 7) is 6.86. The molecule has 46 valence electrons. The Kier molecular flexibility index (Phi) is 0.583. The van der Waals surface area contributed by atoms with Crippen LogP contribution < -0.4 is 0 Å². The van der Waals surface area contributed by atoms with Crippen molar-refractivity contribution in [3.8, 4) is 0 Å². The van der Waals surface area contributed by atoms with Crippen LogP contribution in [0.25, 0.3) is 0 Å². The van der Waals surface area contributed by atoms with Gasteiger partial charge in [-0.05, 0) is 5.92 Å². The minimum Gasteiger partial charge on any atom is -0.368 e. The largest absolute Gasteiger partial charge is 0.368 e. The lowest BCUT2D eigenvalue weighted by molar-refractivity contribution is 0.101. The molecule has 2 atom stereocenters. The van der Waals surface area contributed by atoms with Crippen molar-refractivity contribution >= 4 is 0 Å². The summed E-state index contributed by atoms with van der Waals surface area (Å²) in [4.78, 5) is 0. The van der Waals surface area contributed by atoms with Gasteiger partial charge in [0.05, 0.1) is 12.2 Å². The maximum absolute atomic E-state index is 5.18. The average Bonchev–Trinajstić information content (AvgIpc) is 2.46. The van der Waals surface area contributed by atoms with Crippen molar-refractivity contribution in [1.82, 2.24) is 0 Å². The molecule has 0 radical (unpaired) electrons. The number of fused-ring (bicyclic) bond motifs is 1. The molecule has 1 heteroatoms. The van der Waals surface area contributed by atoms with Crippen molar-refractivity contribution in [2.24, 2.45) is 11.3 Å². The van der Waals surface area contributed by atoms with E-state index in [2.05, 4.69) is 20.8 Å². The van der Waals surface area contributed by atoms with E-state index in [0.29, 0.717) is 17.6 Å². The molecule has 2 fully saturated rings. The van der Waals surface area contributed by atoms with Crippen molar-refractivity contribution in [1.29, 1.82) is 0 Å². The quantitative estimate of drug-likeness (QED) is 0.467. The summed E-state index contributed by atoms with van der Waals surface area (Å²) in [5.74, 6) is 0.811. The lowest BCUT2D eigenvalue weighted by Crippen LogP contribution is -2.18. The van der Waals surface area contributed by atoms with E-state index in [-0.39, 0.29) is 0 Å². The second-order valence-electron chi connectivity index (χ2n) is 3.50. The van der Waals surface area contributed by atoms with Crippen LogP contribution in [0, 0.1) is 11.3 Å². The van der Waals surface area contributed by atoms with Crippen LogP contribution in [0.5, 0.6) is 0 Å². The summed E-state index contributed by atoms with van der Waals surface area (Å²) in [5.41, 5.74) is 0.583. The van der Waals surface area contributed by atoms with E-state index < -0.39 is 0 Å². The second kappa shape index (κ2) is 0.971. The van der Waals surface area contributed by atoms with Crippen molar-refractivity contribution < 1.29 is 4.74 Å². The fourth-order valence-corrected chi connectivity index (χ4v) is 1.44. The van der Waals surface area contributed by atoms with Crippen LogP contribution in [0.2, 0.25) is 0 Å². The van der Waals surface area contributed by atoms with Crippen molar-refractivity contribution in [2.75, 3.05) is 0 Å². The Hall–Kier alpha value is -0.0400. The second-order valence-corrected chi connectivity index (χ2v) is 3.50. The van der Waals surface area contributed by atoms with Gasteiger partial charge < -0.3 is 4.74 Å². The average molecular weight is 112 g/mol. The van der Waals surface area contributed by atoms with Crippen LogP contribution in [0.3, 0.4) is 0 Å². The highest BCUT2D eigenvalue weighted by Gasteiger charge is 2.78. The zero-order valence-electron chi connectivity index (χ0n) is 5.64. The molecule has 0 amide bonds. The molecule has 1 saturated heterocycles. The Morgan fingerprint density at radius 2 is 1.88 bits per heavy atom. The fraction of sp³-hybridized carbons (Fsp3) is 1.00. The van der Waals surface area contributed by atoms with E-state index in [0.717, 1.165) is 5.92 Å². The van der Waals surface area contributed by atoms with E-state index in [9.17, 15) is 0 Å². The van der Waals surface area contributed by atoms with Crippen molar-refractivity contribution in [3.05, 3.63) is 0 Å². The Morgan fingerprint density at radius 3 is 1.88 bits per heavy atom. The van der Waals surface area contributed by atoms with Gasteiger partial charge >= 0.3 is 0 Å². The zero-order valence-corrected chi connectivity index (χ0v) is 5.64. The molecule has 0 aromatic heterocycles. The topological polar surface area (TPSA) is 12.5 Å². The minimum atomic E-state index is 0.583. The van der Waals surface area contributed by atoms with Gasteiger partial charge in [0.2, 0.25) is 0 Å². The summed E-state index contributed by atoms with van der Waals surface area (Å²) in [6.07, 6.45) is 1.31. The van der Waals surface area contributed by atoms with Crippen LogP contribution in [-0.2, 0) is 4.74 Å². The fourth-order valence-electron chi connectivity index (χ4n) is 1.44. The first kappa shape index (κ1) is 4.80. The predicted molar refractivity (Wildman–Crippen MR) is 31.6 cm³/mol. The Bertz CT molecular complexity index is 120. The van der Waals surface area contributed by atoms with Crippen LogP contribution >= 0.6 is 0 Å². The summed E-state index contributed by atoms with van der Waals surface area (Å²) < 4.78 is 5.18. The highest BCUT2D eigenvalue weighted by Crippen LogP contribution is 2.67. The third-order valence-electron chi connectivity index (χ3n) is 2.85. The molecule has 0 aromatic rings. The smallest absolute Gasteiger partial charge is 0.0930 e. The van der Waals surface area contributed by atoms with Gasteiger partial charge in [0.1, 0.15) is 0 Å². The molecule has 0 bridgehead atoms. The molecule has 0 spiro atoms. The molecule has 2 aliphatic rings. The van der Waals surface area contributed by atoms with Gasteiger partial charge in [0.15, 0.2) is 0 Å². The zero-order chi connectivity index (χ0) is 5.94. The Balaban J connectivity index is 2.07. The molecule has 0 aromatic carbocycles. The minimum absolute atomic E-state index is 0.583. The van der Waals surface area contributed by atoms with Gasteiger partial charge in [-0.15, -0.1) is 0 Å². The standard InChI is InChI=1S/C7H12O/c1-4(2)7(3)5-6(7)8-5/h4-6H,1-3H3. The monoisotopic (exact) mass is 112 g/mol. The lowest BCUT2D eigenvalue weighted by atomic mass is 9.92. The van der Waals surface area contributed by atoms with Crippen LogP contribution in [0.15, 0.2) is 0 Å². The van der Waals surface area contributed by atoms with Gasteiger partial charge in [0, 0.05) is 5.41 Å². The maximum Gasteiger partial charge on any atom is 0.0930 e. The molecule has 1 aliphatic carbocycles. The van der Waals surface area contributed by atoms with Crippen LogP contribution in [0.1, 0.15) is 20.8 Å². The third-order valence-corrected chi connectivity index (χ3v) is 2.85.